The Hall–Kier alpha value is -1.33. The summed E-state index contributed by atoms with van der Waals surface area (Å²) in [7, 11) is 3.40. The van der Waals surface area contributed by atoms with E-state index in [1.54, 1.807) is 14.1 Å². The third-order valence-electron chi connectivity index (χ3n) is 1.43. The van der Waals surface area contributed by atoms with Crippen LogP contribution in [-0.2, 0) is 0 Å². The lowest BCUT2D eigenvalue weighted by Gasteiger charge is -2.12. The SMILES string of the molecule is CN(C)NC(=O)c1cc(N)cnc1Cl. The Bertz CT molecular complexity index is 353. The molecule has 0 unspecified atom stereocenters. The van der Waals surface area contributed by atoms with Crippen LogP contribution in [0.2, 0.25) is 5.15 Å². The Balaban J connectivity index is 2.94. The fraction of sp³-hybridized carbons (Fsp3) is 0.250. The molecule has 14 heavy (non-hydrogen) atoms. The Morgan fingerprint density at radius 2 is 2.29 bits per heavy atom. The van der Waals surface area contributed by atoms with Gasteiger partial charge in [0.2, 0.25) is 0 Å². The minimum atomic E-state index is -0.334. The largest absolute Gasteiger partial charge is 0.397 e. The number of rotatable bonds is 2. The summed E-state index contributed by atoms with van der Waals surface area (Å²) in [5.74, 6) is -0.334. The van der Waals surface area contributed by atoms with Gasteiger partial charge in [0.25, 0.3) is 5.91 Å². The maximum absolute atomic E-state index is 11.5. The van der Waals surface area contributed by atoms with Crippen molar-refractivity contribution in [3.63, 3.8) is 0 Å². The van der Waals surface area contributed by atoms with Gasteiger partial charge >= 0.3 is 0 Å². The number of hydrogen-bond acceptors (Lipinski definition) is 4. The zero-order valence-electron chi connectivity index (χ0n) is 7.91. The molecule has 0 aliphatic rings. The van der Waals surface area contributed by atoms with Crippen molar-refractivity contribution in [2.75, 3.05) is 19.8 Å². The van der Waals surface area contributed by atoms with Crippen LogP contribution < -0.4 is 11.2 Å². The molecule has 0 fully saturated rings. The molecule has 0 saturated carbocycles. The Morgan fingerprint density at radius 3 is 2.86 bits per heavy atom. The topological polar surface area (TPSA) is 71.2 Å². The van der Waals surface area contributed by atoms with Crippen molar-refractivity contribution < 1.29 is 4.79 Å². The molecule has 0 bridgehead atoms. The maximum atomic E-state index is 11.5. The molecule has 3 N–H and O–H groups in total. The second-order valence-corrected chi connectivity index (χ2v) is 3.30. The van der Waals surface area contributed by atoms with Gasteiger partial charge in [-0.1, -0.05) is 11.6 Å². The molecule has 0 aliphatic heterocycles. The van der Waals surface area contributed by atoms with Gasteiger partial charge in [-0.25, -0.2) is 9.99 Å². The average molecular weight is 215 g/mol. The van der Waals surface area contributed by atoms with E-state index in [1.807, 2.05) is 0 Å². The van der Waals surface area contributed by atoms with E-state index < -0.39 is 0 Å². The highest BCUT2D eigenvalue weighted by molar-refractivity contribution is 6.32. The molecule has 6 heteroatoms. The standard InChI is InChI=1S/C8H11ClN4O/c1-13(2)12-8(14)6-3-5(10)4-11-7(6)9/h3-4H,10H2,1-2H3,(H,12,14). The number of nitrogen functional groups attached to an aromatic ring is 1. The molecule has 5 nitrogen and oxygen atoms in total. The summed E-state index contributed by atoms with van der Waals surface area (Å²) in [6.45, 7) is 0. The number of hydrogen-bond donors (Lipinski definition) is 2. The van der Waals surface area contributed by atoms with E-state index in [0.717, 1.165) is 0 Å². The van der Waals surface area contributed by atoms with E-state index in [1.165, 1.54) is 17.3 Å². The van der Waals surface area contributed by atoms with E-state index in [4.69, 9.17) is 17.3 Å². The first-order valence-electron chi connectivity index (χ1n) is 3.90. The zero-order chi connectivity index (χ0) is 10.7. The van der Waals surface area contributed by atoms with E-state index in [2.05, 4.69) is 10.4 Å². The second kappa shape index (κ2) is 4.26. The predicted molar refractivity (Wildman–Crippen MR) is 54.8 cm³/mol. The molecule has 1 amide bonds. The van der Waals surface area contributed by atoms with Crippen molar-refractivity contribution in [1.29, 1.82) is 0 Å². The van der Waals surface area contributed by atoms with Crippen LogP contribution in [0.3, 0.4) is 0 Å². The van der Waals surface area contributed by atoms with Crippen molar-refractivity contribution in [2.24, 2.45) is 0 Å². The van der Waals surface area contributed by atoms with Gasteiger partial charge in [-0.3, -0.25) is 10.2 Å². The van der Waals surface area contributed by atoms with Gasteiger partial charge in [0.15, 0.2) is 0 Å². The van der Waals surface area contributed by atoms with Gasteiger partial charge in [0.1, 0.15) is 5.15 Å². The summed E-state index contributed by atoms with van der Waals surface area (Å²) in [6.07, 6.45) is 1.40. The summed E-state index contributed by atoms with van der Waals surface area (Å²) < 4.78 is 0. The van der Waals surface area contributed by atoms with Gasteiger partial charge in [-0.15, -0.1) is 0 Å². The number of aromatic nitrogens is 1. The fourth-order valence-electron chi connectivity index (χ4n) is 0.887. The lowest BCUT2D eigenvalue weighted by atomic mass is 10.2. The molecular weight excluding hydrogens is 204 g/mol. The molecular formula is C8H11ClN4O. The lowest BCUT2D eigenvalue weighted by molar-refractivity contribution is 0.0857. The molecule has 0 spiro atoms. The Kier molecular flexibility index (Phi) is 3.27. The molecule has 0 aromatic carbocycles. The van der Waals surface area contributed by atoms with Crippen molar-refractivity contribution in [3.8, 4) is 0 Å². The molecule has 0 atom stereocenters. The first-order chi connectivity index (χ1) is 6.50. The highest BCUT2D eigenvalue weighted by Gasteiger charge is 2.11. The molecule has 1 aromatic heterocycles. The predicted octanol–water partition coefficient (Wildman–Crippen LogP) is 0.524. The summed E-state index contributed by atoms with van der Waals surface area (Å²) in [4.78, 5) is 15.3. The third-order valence-corrected chi connectivity index (χ3v) is 1.73. The van der Waals surface area contributed by atoms with Crippen LogP contribution in [0, 0.1) is 0 Å². The van der Waals surface area contributed by atoms with Crippen molar-refractivity contribution in [2.45, 2.75) is 0 Å². The van der Waals surface area contributed by atoms with Gasteiger partial charge in [-0.2, -0.15) is 0 Å². The van der Waals surface area contributed by atoms with Crippen LogP contribution in [0.15, 0.2) is 12.3 Å². The number of carbonyl (C=O) groups excluding carboxylic acids is 1. The smallest absolute Gasteiger partial charge is 0.268 e. The Labute approximate surface area is 86.8 Å². The second-order valence-electron chi connectivity index (χ2n) is 2.94. The maximum Gasteiger partial charge on any atom is 0.268 e. The van der Waals surface area contributed by atoms with E-state index in [0.29, 0.717) is 5.69 Å². The first kappa shape index (κ1) is 10.7. The van der Waals surface area contributed by atoms with Gasteiger partial charge in [0, 0.05) is 14.1 Å². The summed E-state index contributed by atoms with van der Waals surface area (Å²) in [5, 5.41) is 1.65. The van der Waals surface area contributed by atoms with Crippen LogP contribution in [0.4, 0.5) is 5.69 Å². The van der Waals surface area contributed by atoms with Crippen LogP contribution in [0.1, 0.15) is 10.4 Å². The molecule has 0 saturated heterocycles. The molecule has 0 aliphatic carbocycles. The highest BCUT2D eigenvalue weighted by Crippen LogP contribution is 2.15. The number of carbonyl (C=O) groups is 1. The molecule has 1 heterocycles. The quantitative estimate of drug-likeness (QED) is 0.556. The highest BCUT2D eigenvalue weighted by atomic mass is 35.5. The summed E-state index contributed by atoms with van der Waals surface area (Å²) in [5.41, 5.74) is 8.69. The molecule has 0 radical (unpaired) electrons. The molecule has 76 valence electrons. The van der Waals surface area contributed by atoms with Gasteiger partial charge < -0.3 is 5.73 Å². The van der Waals surface area contributed by atoms with Gasteiger partial charge in [0.05, 0.1) is 17.4 Å². The van der Waals surface area contributed by atoms with Crippen LogP contribution >= 0.6 is 11.6 Å². The van der Waals surface area contributed by atoms with E-state index >= 15 is 0 Å². The van der Waals surface area contributed by atoms with Crippen molar-refractivity contribution in [1.82, 2.24) is 15.4 Å². The lowest BCUT2D eigenvalue weighted by Crippen LogP contribution is -2.36. The number of anilines is 1. The molecule has 1 aromatic rings. The third kappa shape index (κ3) is 2.58. The van der Waals surface area contributed by atoms with Crippen LogP contribution in [0.25, 0.3) is 0 Å². The number of halogens is 1. The van der Waals surface area contributed by atoms with Crippen molar-refractivity contribution >= 4 is 23.2 Å². The summed E-state index contributed by atoms with van der Waals surface area (Å²) >= 11 is 5.73. The number of hydrazine groups is 1. The minimum Gasteiger partial charge on any atom is -0.397 e. The number of nitrogens with two attached hydrogens (primary N) is 1. The van der Waals surface area contributed by atoms with Gasteiger partial charge in [-0.05, 0) is 6.07 Å². The molecule has 1 rings (SSSR count). The number of pyridine rings is 1. The Morgan fingerprint density at radius 1 is 1.64 bits per heavy atom. The summed E-state index contributed by atoms with van der Waals surface area (Å²) in [6, 6.07) is 1.48. The van der Waals surface area contributed by atoms with E-state index in [-0.39, 0.29) is 16.6 Å². The van der Waals surface area contributed by atoms with Crippen LogP contribution in [0.5, 0.6) is 0 Å². The number of amides is 1. The number of nitrogens with zero attached hydrogens (tertiary/aromatic N) is 2. The minimum absolute atomic E-state index is 0.138. The first-order valence-corrected chi connectivity index (χ1v) is 4.28. The number of nitrogens with one attached hydrogen (secondary N) is 1. The monoisotopic (exact) mass is 214 g/mol. The fourth-order valence-corrected chi connectivity index (χ4v) is 1.08. The normalized spacial score (nSPS) is 10.3. The zero-order valence-corrected chi connectivity index (χ0v) is 8.67. The van der Waals surface area contributed by atoms with Crippen molar-refractivity contribution in [3.05, 3.63) is 23.0 Å². The van der Waals surface area contributed by atoms with Crippen LogP contribution in [-0.4, -0.2) is 30.0 Å². The van der Waals surface area contributed by atoms with E-state index in [9.17, 15) is 4.79 Å². The average Bonchev–Trinajstić information content (AvgIpc) is 2.08.